The first kappa shape index (κ1) is 33.8. The number of piperazine rings is 1. The second kappa shape index (κ2) is 18.6. The summed E-state index contributed by atoms with van der Waals surface area (Å²) in [6, 6.07) is 19.9. The van der Waals surface area contributed by atoms with E-state index in [1.165, 1.54) is 0 Å². The monoisotopic (exact) mass is 875 g/mol. The predicted octanol–water partition coefficient (Wildman–Crippen LogP) is 6.28. The summed E-state index contributed by atoms with van der Waals surface area (Å²) >= 11 is 6.28. The molecule has 0 aliphatic carbocycles. The summed E-state index contributed by atoms with van der Waals surface area (Å²) in [7, 11) is 0. The lowest BCUT2D eigenvalue weighted by molar-refractivity contribution is -0.136. The minimum absolute atomic E-state index is 0.116. The number of fused-ring (bicyclic) bond motifs is 1. The van der Waals surface area contributed by atoms with Crippen molar-refractivity contribution in [3.05, 3.63) is 118 Å². The Morgan fingerprint density at radius 1 is 0.806 bits per heavy atom. The molecule has 4 aliphatic rings. The minimum Gasteiger partial charge on any atom is -0.508 e. The summed E-state index contributed by atoms with van der Waals surface area (Å²) in [5.41, 5.74) is 0.749. The van der Waals surface area contributed by atoms with Crippen molar-refractivity contribution in [2.75, 3.05) is 69.6 Å². The Balaban J connectivity index is 0.931. The number of imide groups is 2. The van der Waals surface area contributed by atoms with E-state index >= 15 is 8.78 Å². The molecule has 4 aromatic carbocycles. The van der Waals surface area contributed by atoms with Gasteiger partial charge in [0.05, 0.1) is 16.6 Å². The Labute approximate surface area is 374 Å². The molecule has 12 nitrogen and oxygen atoms in total. The molecule has 4 aromatic rings. The average Bonchev–Trinajstić information content (AvgIpc) is 3.55. The van der Waals surface area contributed by atoms with Gasteiger partial charge in [0.15, 0.2) is 5.82 Å². The van der Waals surface area contributed by atoms with E-state index in [-0.39, 0.29) is 35.8 Å². The molecule has 324 valence electrons. The lowest BCUT2D eigenvalue weighted by Gasteiger charge is -2.39. The van der Waals surface area contributed by atoms with Crippen LogP contribution < -0.4 is 15.0 Å². The summed E-state index contributed by atoms with van der Waals surface area (Å²) in [5.74, 6) is -7.55. The number of rotatable bonds is 13. The summed E-state index contributed by atoms with van der Waals surface area (Å²) < 4.78 is 110. The molecule has 4 heterocycles. The number of amides is 4. The number of carbonyl (C=O) groups excluding carboxylic acids is 4. The molecule has 0 spiro atoms. The molecule has 15 heteroatoms. The first-order chi connectivity index (χ1) is 33.0. The van der Waals surface area contributed by atoms with Gasteiger partial charge in [-0.1, -0.05) is 36.4 Å². The van der Waals surface area contributed by atoms with Crippen LogP contribution in [0.25, 0.3) is 11.1 Å². The number of likely N-dealkylation sites (tertiary alicyclic amines) is 1. The molecule has 1 atom stereocenters. The number of allylic oxidation sites excluding steroid dienone is 1. The van der Waals surface area contributed by atoms with Gasteiger partial charge in [0.25, 0.3) is 11.8 Å². The standard InChI is InChI=1S/C47H48ClF2N5O7/c48-18-15-36(30-1-7-33(56)8-2-30)41(31-3-9-34(57)10-4-31)32-5-11-35(12-6-32)62-26-25-52-19-16-29(17-20-52)28-53-21-23-54(24-22-53)44-38(49)27-37-42(43(44)50)47(61)55(46(37)60)39-13-14-40(58)51-45(39)59/h1-12,27,29,39,56-57H,13-26,28H2,(H,51,58,59)/i21D2,22D2,23D2,24D2. The summed E-state index contributed by atoms with van der Waals surface area (Å²) in [4.78, 5) is 53.6. The predicted molar refractivity (Wildman–Crippen MR) is 230 cm³/mol. The fraction of sp³-hybridized carbons (Fsp3) is 0.362. The van der Waals surface area contributed by atoms with E-state index in [1.807, 2.05) is 53.8 Å². The molecule has 4 aliphatic heterocycles. The maximum absolute atomic E-state index is 16.6. The van der Waals surface area contributed by atoms with Crippen molar-refractivity contribution in [3.63, 3.8) is 0 Å². The van der Waals surface area contributed by atoms with Crippen LogP contribution in [0.3, 0.4) is 0 Å². The van der Waals surface area contributed by atoms with Crippen molar-refractivity contribution in [1.82, 2.24) is 20.0 Å². The lowest BCUT2D eigenvalue weighted by Crippen LogP contribution is -2.54. The number of benzene rings is 4. The van der Waals surface area contributed by atoms with Crippen LogP contribution in [0.4, 0.5) is 14.5 Å². The van der Waals surface area contributed by atoms with E-state index < -0.39 is 96.6 Å². The number of halogens is 3. The first-order valence-corrected chi connectivity index (χ1v) is 20.7. The van der Waals surface area contributed by atoms with Crippen LogP contribution in [0.2, 0.25) is 0 Å². The lowest BCUT2D eigenvalue weighted by atomic mass is 9.88. The van der Waals surface area contributed by atoms with E-state index in [9.17, 15) is 29.4 Å². The van der Waals surface area contributed by atoms with Crippen molar-refractivity contribution in [2.24, 2.45) is 5.92 Å². The number of alkyl halides is 1. The van der Waals surface area contributed by atoms with Gasteiger partial charge in [0, 0.05) is 56.9 Å². The molecule has 0 bridgehead atoms. The van der Waals surface area contributed by atoms with Gasteiger partial charge >= 0.3 is 0 Å². The summed E-state index contributed by atoms with van der Waals surface area (Å²) in [5, 5.41) is 21.9. The quantitative estimate of drug-likeness (QED) is 0.0799. The van der Waals surface area contributed by atoms with Crippen LogP contribution in [0.5, 0.6) is 17.2 Å². The highest BCUT2D eigenvalue weighted by molar-refractivity contribution is 6.24. The van der Waals surface area contributed by atoms with Crippen molar-refractivity contribution >= 4 is 52.1 Å². The Bertz CT molecular complexity index is 2720. The van der Waals surface area contributed by atoms with Crippen LogP contribution in [0.1, 0.15) is 80.5 Å². The Morgan fingerprint density at radius 3 is 2.03 bits per heavy atom. The maximum atomic E-state index is 16.6. The fourth-order valence-electron chi connectivity index (χ4n) is 8.20. The molecule has 0 radical (unpaired) electrons. The summed E-state index contributed by atoms with van der Waals surface area (Å²) in [6.07, 6.45) is 0.663. The molecule has 3 fully saturated rings. The SMILES string of the molecule is [2H]C1([2H])N(CC2CCN(CCOc3ccc(C(=C(CCCl)c4ccc(O)cc4)c4ccc(O)cc4)cc3)CC2)C([2H])([2H])C([2H])([2H])N(c2c(F)cc3c(c2F)C(=O)N(C2CCC(=O)NC2=O)C3=O)C1([2H])[2H]. The number of piperidine rings is 2. The molecule has 8 rings (SSSR count). The van der Waals surface area contributed by atoms with Gasteiger partial charge in [-0.15, -0.1) is 11.6 Å². The molecule has 4 amide bonds. The minimum atomic E-state index is -3.72. The average molecular weight is 876 g/mol. The highest BCUT2D eigenvalue weighted by Crippen LogP contribution is 2.38. The fourth-order valence-corrected chi connectivity index (χ4v) is 8.39. The topological polar surface area (TPSA) is 143 Å². The third kappa shape index (κ3) is 9.04. The molecule has 1 unspecified atom stereocenters. The zero-order valence-corrected chi connectivity index (χ0v) is 34.1. The van der Waals surface area contributed by atoms with Gasteiger partial charge in [0.1, 0.15) is 41.4 Å². The number of anilines is 1. The van der Waals surface area contributed by atoms with Crippen molar-refractivity contribution in [1.29, 1.82) is 0 Å². The number of ether oxygens (including phenoxy) is 1. The molecule has 0 aromatic heterocycles. The zero-order chi connectivity index (χ0) is 50.7. The molecular formula is C47H48ClF2N5O7. The van der Waals surface area contributed by atoms with Gasteiger partial charge in [-0.3, -0.25) is 39.2 Å². The Hall–Kier alpha value is -5.83. The Morgan fingerprint density at radius 2 is 1.42 bits per heavy atom. The van der Waals surface area contributed by atoms with Crippen LogP contribution in [-0.2, 0) is 9.59 Å². The van der Waals surface area contributed by atoms with Crippen molar-refractivity contribution < 1.29 is 53.9 Å². The zero-order valence-electron chi connectivity index (χ0n) is 41.3. The highest BCUT2D eigenvalue weighted by Gasteiger charge is 2.47. The van der Waals surface area contributed by atoms with Crippen LogP contribution in [0, 0.1) is 17.6 Å². The molecule has 3 N–H and O–H groups in total. The maximum Gasteiger partial charge on any atom is 0.265 e. The van der Waals surface area contributed by atoms with Crippen LogP contribution in [-0.4, -0.2) is 119 Å². The molecule has 0 saturated carbocycles. The number of nitrogens with one attached hydrogen (secondary N) is 1. The van der Waals surface area contributed by atoms with Gasteiger partial charge < -0.3 is 19.8 Å². The highest BCUT2D eigenvalue weighted by atomic mass is 35.5. The number of phenolic OH excluding ortho intramolecular Hbond substituents is 2. The van der Waals surface area contributed by atoms with Crippen molar-refractivity contribution in [3.8, 4) is 17.2 Å². The van der Waals surface area contributed by atoms with E-state index in [2.05, 4.69) is 4.90 Å². The number of phenols is 2. The van der Waals surface area contributed by atoms with Crippen molar-refractivity contribution in [2.45, 2.75) is 38.1 Å². The third-order valence-electron chi connectivity index (χ3n) is 11.4. The van der Waals surface area contributed by atoms with E-state index in [1.54, 1.807) is 24.3 Å². The van der Waals surface area contributed by atoms with Crippen LogP contribution >= 0.6 is 11.6 Å². The molecule has 3 saturated heterocycles. The molecule has 62 heavy (non-hydrogen) atoms. The number of hydrogen-bond acceptors (Lipinski definition) is 10. The first-order valence-electron chi connectivity index (χ1n) is 24.2. The second-order valence-electron chi connectivity index (χ2n) is 15.3. The number of carbonyl (C=O) groups is 4. The normalized spacial score (nSPS) is 24.6. The Kier molecular flexibility index (Phi) is 10.2. The number of aromatic hydroxyl groups is 2. The van der Waals surface area contributed by atoms with Gasteiger partial charge in [-0.2, -0.15) is 0 Å². The van der Waals surface area contributed by atoms with E-state index in [0.717, 1.165) is 27.8 Å². The van der Waals surface area contributed by atoms with E-state index in [0.29, 0.717) is 66.4 Å². The summed E-state index contributed by atoms with van der Waals surface area (Å²) in [6.45, 7) is -13.2. The van der Waals surface area contributed by atoms with Gasteiger partial charge in [-0.25, -0.2) is 8.78 Å². The molecular weight excluding hydrogens is 820 g/mol. The van der Waals surface area contributed by atoms with E-state index in [4.69, 9.17) is 27.3 Å². The number of hydrogen-bond donors (Lipinski definition) is 3. The second-order valence-corrected chi connectivity index (χ2v) is 15.7. The van der Waals surface area contributed by atoms with Gasteiger partial charge in [-0.05, 0) is 115 Å². The third-order valence-corrected chi connectivity index (χ3v) is 11.6. The van der Waals surface area contributed by atoms with Gasteiger partial charge in [0.2, 0.25) is 11.8 Å². The largest absolute Gasteiger partial charge is 0.508 e. The van der Waals surface area contributed by atoms with Crippen LogP contribution in [0.15, 0.2) is 78.9 Å². The smallest absolute Gasteiger partial charge is 0.265 e. The number of nitrogens with zero attached hydrogens (tertiary/aromatic N) is 4.